The molecular weight excluding hydrogens is 435 g/mol. The van der Waals surface area contributed by atoms with Gasteiger partial charge in [0.05, 0.1) is 5.69 Å². The summed E-state index contributed by atoms with van der Waals surface area (Å²) in [5, 5.41) is 0. The average molecular weight is 463 g/mol. The van der Waals surface area contributed by atoms with Crippen molar-refractivity contribution in [1.82, 2.24) is 14.5 Å². The van der Waals surface area contributed by atoms with Crippen LogP contribution >= 0.6 is 0 Å². The Hall–Kier alpha value is -3.68. The molecule has 3 aromatic rings. The predicted octanol–water partition coefficient (Wildman–Crippen LogP) is 5.09. The highest BCUT2D eigenvalue weighted by Gasteiger charge is 2.56. The number of hydrogen-bond acceptors (Lipinski definition) is 4. The second kappa shape index (κ2) is 8.59. The minimum atomic E-state index is -0.770. The first kappa shape index (κ1) is 22.1. The summed E-state index contributed by atoms with van der Waals surface area (Å²) >= 11 is 0. The van der Waals surface area contributed by atoms with Gasteiger partial charge in [0, 0.05) is 24.5 Å². The second-order valence-corrected chi connectivity index (χ2v) is 8.95. The summed E-state index contributed by atoms with van der Waals surface area (Å²) in [6, 6.07) is 15.2. The van der Waals surface area contributed by atoms with Crippen LogP contribution in [0.2, 0.25) is 0 Å². The Morgan fingerprint density at radius 2 is 2.00 bits per heavy atom. The van der Waals surface area contributed by atoms with Gasteiger partial charge in [0.25, 0.3) is 0 Å². The fourth-order valence-corrected chi connectivity index (χ4v) is 5.14. The summed E-state index contributed by atoms with van der Waals surface area (Å²) in [5.41, 5.74) is 1.47. The van der Waals surface area contributed by atoms with Crippen molar-refractivity contribution in [1.29, 1.82) is 0 Å². The number of amides is 2. The van der Waals surface area contributed by atoms with Crippen LogP contribution in [-0.2, 0) is 23.3 Å². The number of carbonyl (C=O) groups excluding carboxylic acids is 2. The Labute approximate surface area is 197 Å². The number of piperidine rings is 1. The van der Waals surface area contributed by atoms with E-state index in [1.54, 1.807) is 32.7 Å². The lowest BCUT2D eigenvalue weighted by atomic mass is 9.82. The maximum Gasteiger partial charge on any atom is 0.410 e. The van der Waals surface area contributed by atoms with E-state index in [1.165, 1.54) is 12.1 Å². The number of nitrogens with zero attached hydrogens (tertiary/aromatic N) is 4. The first-order valence-electron chi connectivity index (χ1n) is 11.6. The summed E-state index contributed by atoms with van der Waals surface area (Å²) in [7, 11) is 0. The lowest BCUT2D eigenvalue weighted by Gasteiger charge is -2.46. The number of carbonyl (C=O) groups is 2. The zero-order valence-corrected chi connectivity index (χ0v) is 19.3. The monoisotopic (exact) mass is 462 g/mol. The van der Waals surface area contributed by atoms with Gasteiger partial charge in [-0.3, -0.25) is 9.47 Å². The molecule has 0 N–H and O–H groups in total. The molecular formula is C26H27FN4O3. The number of aromatic nitrogens is 2. The quantitative estimate of drug-likeness (QED) is 0.542. The van der Waals surface area contributed by atoms with Crippen molar-refractivity contribution in [2.24, 2.45) is 0 Å². The van der Waals surface area contributed by atoms with Gasteiger partial charge in [0.1, 0.15) is 23.8 Å². The van der Waals surface area contributed by atoms with Crippen molar-refractivity contribution in [2.75, 3.05) is 11.4 Å². The van der Waals surface area contributed by atoms with Gasteiger partial charge in [0.2, 0.25) is 0 Å². The molecule has 7 nitrogen and oxygen atoms in total. The molecule has 0 aliphatic carbocycles. The summed E-state index contributed by atoms with van der Waals surface area (Å²) in [6.45, 7) is 4.53. The molecule has 1 spiro atoms. The average Bonchev–Trinajstić information content (AvgIpc) is 3.36. The third-order valence-electron chi connectivity index (χ3n) is 6.80. The zero-order chi connectivity index (χ0) is 23.9. The van der Waals surface area contributed by atoms with E-state index in [0.29, 0.717) is 37.3 Å². The van der Waals surface area contributed by atoms with E-state index in [9.17, 15) is 14.0 Å². The normalized spacial score (nSPS) is 21.7. The maximum absolute atomic E-state index is 14.1. The lowest BCUT2D eigenvalue weighted by Crippen LogP contribution is -2.56. The summed E-state index contributed by atoms with van der Waals surface area (Å²) in [6.07, 6.45) is 3.03. The molecule has 5 rings (SSSR count). The molecule has 1 fully saturated rings. The zero-order valence-electron chi connectivity index (χ0n) is 19.3. The summed E-state index contributed by atoms with van der Waals surface area (Å²) in [5.74, 6) is 0.247. The van der Waals surface area contributed by atoms with Gasteiger partial charge in [-0.05, 0) is 49.9 Å². The standard InChI is InChI=1S/C26H27FN4O3/c1-3-21-16-30-23(28-21)26(31(24(30)32)22-11-7-10-20(27)14-22)12-13-29(18(2)15-26)25(33)34-17-19-8-5-4-6-9-19/h4-11,14,16,18H,3,12-13,15,17H2,1-2H3/t18?,26-/m0/s1. The fraction of sp³-hybridized carbons (Fsp3) is 0.346. The van der Waals surface area contributed by atoms with E-state index in [1.807, 2.05) is 44.2 Å². The summed E-state index contributed by atoms with van der Waals surface area (Å²) in [4.78, 5) is 34.6. The van der Waals surface area contributed by atoms with Gasteiger partial charge < -0.3 is 9.64 Å². The van der Waals surface area contributed by atoms with E-state index in [0.717, 1.165) is 11.3 Å². The molecule has 3 heterocycles. The molecule has 2 aliphatic heterocycles. The molecule has 2 amide bonds. The van der Waals surface area contributed by atoms with Crippen molar-refractivity contribution < 1.29 is 18.7 Å². The largest absolute Gasteiger partial charge is 0.445 e. The third-order valence-corrected chi connectivity index (χ3v) is 6.80. The molecule has 8 heteroatoms. The molecule has 0 saturated carbocycles. The van der Waals surface area contributed by atoms with Crippen LogP contribution in [0.1, 0.15) is 43.8 Å². The smallest absolute Gasteiger partial charge is 0.410 e. The van der Waals surface area contributed by atoms with Gasteiger partial charge in [-0.1, -0.05) is 43.3 Å². The summed E-state index contributed by atoms with van der Waals surface area (Å²) < 4.78 is 21.3. The number of likely N-dealkylation sites (tertiary alicyclic amines) is 1. The van der Waals surface area contributed by atoms with Crippen LogP contribution in [0.4, 0.5) is 19.7 Å². The Kier molecular flexibility index (Phi) is 5.59. The van der Waals surface area contributed by atoms with Crippen molar-refractivity contribution in [3.8, 4) is 0 Å². The topological polar surface area (TPSA) is 67.7 Å². The molecule has 0 radical (unpaired) electrons. The number of fused-ring (bicyclic) bond motifs is 2. The Morgan fingerprint density at radius 1 is 1.21 bits per heavy atom. The Morgan fingerprint density at radius 3 is 2.71 bits per heavy atom. The van der Waals surface area contributed by atoms with Crippen molar-refractivity contribution >= 4 is 17.8 Å². The second-order valence-electron chi connectivity index (χ2n) is 8.95. The van der Waals surface area contributed by atoms with Crippen LogP contribution in [0.3, 0.4) is 0 Å². The highest BCUT2D eigenvalue weighted by molar-refractivity contribution is 5.99. The van der Waals surface area contributed by atoms with Gasteiger partial charge >= 0.3 is 12.1 Å². The van der Waals surface area contributed by atoms with E-state index in [-0.39, 0.29) is 24.8 Å². The first-order chi connectivity index (χ1) is 16.4. The number of aryl methyl sites for hydroxylation is 1. The molecule has 1 saturated heterocycles. The number of rotatable bonds is 4. The highest BCUT2D eigenvalue weighted by Crippen LogP contribution is 2.47. The fourth-order valence-electron chi connectivity index (χ4n) is 5.14. The molecule has 34 heavy (non-hydrogen) atoms. The first-order valence-corrected chi connectivity index (χ1v) is 11.6. The number of imidazole rings is 1. The molecule has 1 unspecified atom stereocenters. The SMILES string of the molecule is CCc1cn2c(n1)[C@@]1(CCN(C(=O)OCc3ccccc3)C(C)C1)N(c1cccc(F)c1)C2=O. The van der Waals surface area contributed by atoms with E-state index < -0.39 is 11.4 Å². The molecule has 0 bridgehead atoms. The van der Waals surface area contributed by atoms with Crippen molar-refractivity contribution in [3.63, 3.8) is 0 Å². The van der Waals surface area contributed by atoms with Gasteiger partial charge in [-0.2, -0.15) is 0 Å². The number of anilines is 1. The lowest BCUT2D eigenvalue weighted by molar-refractivity contribution is 0.0553. The molecule has 2 aromatic carbocycles. The van der Waals surface area contributed by atoms with Crippen LogP contribution in [0.5, 0.6) is 0 Å². The van der Waals surface area contributed by atoms with Gasteiger partial charge in [-0.25, -0.2) is 19.0 Å². The minimum Gasteiger partial charge on any atom is -0.445 e. The van der Waals surface area contributed by atoms with Crippen LogP contribution in [-0.4, -0.2) is 39.2 Å². The third kappa shape index (κ3) is 3.63. The molecule has 176 valence electrons. The van der Waals surface area contributed by atoms with Crippen molar-refractivity contribution in [2.45, 2.75) is 51.3 Å². The number of ether oxygens (including phenoxy) is 1. The van der Waals surface area contributed by atoms with Crippen LogP contribution < -0.4 is 4.90 Å². The predicted molar refractivity (Wildman–Crippen MR) is 125 cm³/mol. The van der Waals surface area contributed by atoms with E-state index in [4.69, 9.17) is 9.72 Å². The van der Waals surface area contributed by atoms with Crippen LogP contribution in [0, 0.1) is 5.82 Å². The molecule has 2 aliphatic rings. The Bertz CT molecular complexity index is 1230. The Balaban J connectivity index is 1.43. The minimum absolute atomic E-state index is 0.201. The number of hydrogen-bond donors (Lipinski definition) is 0. The van der Waals surface area contributed by atoms with Crippen LogP contribution in [0.15, 0.2) is 60.8 Å². The number of benzene rings is 2. The van der Waals surface area contributed by atoms with E-state index >= 15 is 0 Å². The van der Waals surface area contributed by atoms with Crippen molar-refractivity contribution in [3.05, 3.63) is 83.7 Å². The van der Waals surface area contributed by atoms with Crippen LogP contribution in [0.25, 0.3) is 0 Å². The maximum atomic E-state index is 14.1. The van der Waals surface area contributed by atoms with E-state index in [2.05, 4.69) is 0 Å². The molecule has 1 aromatic heterocycles. The highest BCUT2D eigenvalue weighted by atomic mass is 19.1. The number of halogens is 1. The molecule has 2 atom stereocenters. The van der Waals surface area contributed by atoms with Gasteiger partial charge in [-0.15, -0.1) is 0 Å². The van der Waals surface area contributed by atoms with Gasteiger partial charge in [0.15, 0.2) is 0 Å².